The molecule has 0 bridgehead atoms. The Bertz CT molecular complexity index is 1140. The molecule has 7 heteroatoms. The van der Waals surface area contributed by atoms with Crippen molar-refractivity contribution < 1.29 is 9.53 Å². The van der Waals surface area contributed by atoms with Crippen molar-refractivity contribution in [3.8, 4) is 16.9 Å². The number of nitrogens with two attached hydrogens (primary N) is 1. The van der Waals surface area contributed by atoms with Gasteiger partial charge in [0.05, 0.1) is 6.10 Å². The minimum Gasteiger partial charge on any atom is -0.491 e. The second-order valence-corrected chi connectivity index (χ2v) is 8.05. The molecular formula is C25H27N5O2. The van der Waals surface area contributed by atoms with Crippen molar-refractivity contribution in [2.75, 3.05) is 5.01 Å². The van der Waals surface area contributed by atoms with Crippen LogP contribution in [0.25, 0.3) is 11.1 Å². The van der Waals surface area contributed by atoms with E-state index in [1.54, 1.807) is 11.2 Å². The molecule has 2 heterocycles. The fourth-order valence-corrected chi connectivity index (χ4v) is 3.70. The van der Waals surface area contributed by atoms with Crippen LogP contribution in [-0.4, -0.2) is 29.0 Å². The number of hydrogen-bond donors (Lipinski definition) is 2. The zero-order valence-electron chi connectivity index (χ0n) is 18.4. The topological polar surface area (TPSA) is 92.8 Å². The largest absolute Gasteiger partial charge is 0.491 e. The number of pyridine rings is 1. The van der Waals surface area contributed by atoms with Crippen molar-refractivity contribution >= 4 is 17.6 Å². The van der Waals surface area contributed by atoms with Gasteiger partial charge in [-0.05, 0) is 67.3 Å². The highest BCUT2D eigenvalue weighted by Gasteiger charge is 2.30. The molecule has 32 heavy (non-hydrogen) atoms. The van der Waals surface area contributed by atoms with Gasteiger partial charge in [-0.1, -0.05) is 36.4 Å². The highest BCUT2D eigenvalue weighted by atomic mass is 16.5. The van der Waals surface area contributed by atoms with Crippen molar-refractivity contribution in [3.63, 3.8) is 0 Å². The summed E-state index contributed by atoms with van der Waals surface area (Å²) in [5.41, 5.74) is 9.78. The maximum Gasteiger partial charge on any atom is 0.286 e. The Kier molecular flexibility index (Phi) is 6.07. The number of aromatic nitrogens is 1. The number of carbonyl (C=O) groups is 1. The molecule has 3 N–H and O–H groups in total. The Balaban J connectivity index is 1.68. The molecule has 7 nitrogen and oxygen atoms in total. The number of nitrogens with one attached hydrogen (secondary N) is 1. The Morgan fingerprint density at radius 2 is 1.94 bits per heavy atom. The number of primary amides is 1. The van der Waals surface area contributed by atoms with E-state index in [1.165, 1.54) is 0 Å². The number of nitrogens with zero attached hydrogens (tertiary/aromatic N) is 3. The van der Waals surface area contributed by atoms with Crippen LogP contribution >= 0.6 is 0 Å². The third-order valence-corrected chi connectivity index (χ3v) is 5.18. The summed E-state index contributed by atoms with van der Waals surface area (Å²) in [5.74, 6) is 0.970. The van der Waals surface area contributed by atoms with Crippen LogP contribution in [0.3, 0.4) is 0 Å². The van der Waals surface area contributed by atoms with Gasteiger partial charge < -0.3 is 15.8 Å². The minimum atomic E-state index is -0.601. The molecular weight excluding hydrogens is 402 g/mol. The maximum absolute atomic E-state index is 11.8. The predicted molar refractivity (Wildman–Crippen MR) is 126 cm³/mol. The SMILES string of the molecule is Cc1ccc(OC(C)C)cc1-c1ccnc(N2N=C(C(N)=O)NC2Cc2ccccc2)c1. The van der Waals surface area contributed by atoms with Crippen molar-refractivity contribution in [1.82, 2.24) is 10.3 Å². The van der Waals surface area contributed by atoms with Crippen LogP contribution in [0, 0.1) is 6.92 Å². The predicted octanol–water partition coefficient (Wildman–Crippen LogP) is 3.62. The van der Waals surface area contributed by atoms with E-state index in [0.717, 1.165) is 28.0 Å². The molecule has 0 aliphatic carbocycles. The molecule has 1 unspecified atom stereocenters. The van der Waals surface area contributed by atoms with Crippen LogP contribution in [0.5, 0.6) is 5.75 Å². The number of anilines is 1. The van der Waals surface area contributed by atoms with Gasteiger partial charge in [0.15, 0.2) is 5.82 Å². The number of rotatable bonds is 7. The molecule has 3 aromatic rings. The number of amidine groups is 1. The Labute approximate surface area is 187 Å². The summed E-state index contributed by atoms with van der Waals surface area (Å²) in [4.78, 5) is 16.3. The average Bonchev–Trinajstić information content (AvgIpc) is 3.20. The van der Waals surface area contributed by atoms with Gasteiger partial charge in [-0.2, -0.15) is 0 Å². The molecule has 4 rings (SSSR count). The summed E-state index contributed by atoms with van der Waals surface area (Å²) in [6.07, 6.45) is 2.19. The van der Waals surface area contributed by atoms with Gasteiger partial charge in [0.2, 0.25) is 5.84 Å². The third kappa shape index (κ3) is 4.72. The van der Waals surface area contributed by atoms with Crippen LogP contribution in [0.15, 0.2) is 72.0 Å². The van der Waals surface area contributed by atoms with Gasteiger partial charge in [-0.3, -0.25) is 4.79 Å². The molecule has 0 fully saturated rings. The van der Waals surface area contributed by atoms with E-state index in [-0.39, 0.29) is 18.1 Å². The molecule has 0 saturated heterocycles. The number of amides is 1. The summed E-state index contributed by atoms with van der Waals surface area (Å²) in [6.45, 7) is 6.07. The first-order valence-corrected chi connectivity index (χ1v) is 10.6. The Morgan fingerprint density at radius 3 is 2.66 bits per heavy atom. The molecule has 0 radical (unpaired) electrons. The van der Waals surface area contributed by atoms with Crippen LogP contribution in [0.2, 0.25) is 0 Å². The fourth-order valence-electron chi connectivity index (χ4n) is 3.70. The van der Waals surface area contributed by atoms with Gasteiger partial charge in [0.25, 0.3) is 5.91 Å². The summed E-state index contributed by atoms with van der Waals surface area (Å²) < 4.78 is 5.88. The number of hydrazone groups is 1. The van der Waals surface area contributed by atoms with E-state index in [9.17, 15) is 4.79 Å². The Hall–Kier alpha value is -3.87. The van der Waals surface area contributed by atoms with Gasteiger partial charge in [-0.15, -0.1) is 5.10 Å². The molecule has 1 aromatic heterocycles. The second-order valence-electron chi connectivity index (χ2n) is 8.05. The zero-order chi connectivity index (χ0) is 22.7. The highest BCUT2D eigenvalue weighted by molar-refractivity contribution is 6.38. The smallest absolute Gasteiger partial charge is 0.286 e. The third-order valence-electron chi connectivity index (χ3n) is 5.18. The second kappa shape index (κ2) is 9.09. The van der Waals surface area contributed by atoms with Gasteiger partial charge in [0.1, 0.15) is 11.9 Å². The monoisotopic (exact) mass is 429 g/mol. The standard InChI is InChI=1S/C25H27N5O2/c1-16(2)32-20-10-9-17(3)21(15-20)19-11-12-27-22(14-19)30-23(28-25(29-30)24(26)31)13-18-7-5-4-6-8-18/h4-12,14-16,23H,13H2,1-3H3,(H2,26,31)(H,28,29). The van der Waals surface area contributed by atoms with Crippen LogP contribution < -0.4 is 20.8 Å². The number of carbonyl (C=O) groups excluding carboxylic acids is 1. The molecule has 164 valence electrons. The zero-order valence-corrected chi connectivity index (χ0v) is 18.4. The quantitative estimate of drug-likeness (QED) is 0.598. The lowest BCUT2D eigenvalue weighted by molar-refractivity contribution is -0.112. The minimum absolute atomic E-state index is 0.0922. The summed E-state index contributed by atoms with van der Waals surface area (Å²) >= 11 is 0. The van der Waals surface area contributed by atoms with Crippen LogP contribution in [0.4, 0.5) is 5.82 Å². The first-order chi connectivity index (χ1) is 15.4. The van der Waals surface area contributed by atoms with Crippen LogP contribution in [-0.2, 0) is 11.2 Å². The highest BCUT2D eigenvalue weighted by Crippen LogP contribution is 2.31. The van der Waals surface area contributed by atoms with E-state index in [2.05, 4.69) is 22.3 Å². The molecule has 1 amide bonds. The first kappa shape index (κ1) is 21.4. The number of ether oxygens (including phenoxy) is 1. The summed E-state index contributed by atoms with van der Waals surface area (Å²) in [5, 5.41) is 9.28. The summed E-state index contributed by atoms with van der Waals surface area (Å²) in [6, 6.07) is 20.0. The molecule has 0 spiro atoms. The molecule has 0 saturated carbocycles. The molecule has 2 aromatic carbocycles. The lowest BCUT2D eigenvalue weighted by atomic mass is 10.0. The summed E-state index contributed by atoms with van der Waals surface area (Å²) in [7, 11) is 0. The van der Waals surface area contributed by atoms with Gasteiger partial charge >= 0.3 is 0 Å². The lowest BCUT2D eigenvalue weighted by Gasteiger charge is -2.23. The lowest BCUT2D eigenvalue weighted by Crippen LogP contribution is -2.43. The van der Waals surface area contributed by atoms with Crippen molar-refractivity contribution in [3.05, 3.63) is 78.0 Å². The van der Waals surface area contributed by atoms with Crippen molar-refractivity contribution in [2.45, 2.75) is 39.5 Å². The molecule has 1 atom stereocenters. The Morgan fingerprint density at radius 1 is 1.16 bits per heavy atom. The molecule has 1 aliphatic rings. The van der Waals surface area contributed by atoms with Gasteiger partial charge in [0, 0.05) is 12.6 Å². The fraction of sp³-hybridized carbons (Fsp3) is 0.240. The van der Waals surface area contributed by atoms with Crippen molar-refractivity contribution in [1.29, 1.82) is 0 Å². The normalized spacial score (nSPS) is 15.4. The van der Waals surface area contributed by atoms with E-state index in [1.807, 2.05) is 74.5 Å². The number of hydrogen-bond acceptors (Lipinski definition) is 6. The average molecular weight is 430 g/mol. The van der Waals surface area contributed by atoms with Gasteiger partial charge in [-0.25, -0.2) is 9.99 Å². The first-order valence-electron chi connectivity index (χ1n) is 10.6. The van der Waals surface area contributed by atoms with E-state index >= 15 is 0 Å². The molecule has 1 aliphatic heterocycles. The van der Waals surface area contributed by atoms with E-state index in [4.69, 9.17) is 10.5 Å². The van der Waals surface area contributed by atoms with Crippen LogP contribution in [0.1, 0.15) is 25.0 Å². The van der Waals surface area contributed by atoms with E-state index < -0.39 is 5.91 Å². The van der Waals surface area contributed by atoms with E-state index in [0.29, 0.717) is 12.2 Å². The number of aryl methyl sites for hydroxylation is 1. The number of benzene rings is 2. The maximum atomic E-state index is 11.8. The van der Waals surface area contributed by atoms with Crippen molar-refractivity contribution in [2.24, 2.45) is 10.8 Å².